The number of aryl methyl sites for hydroxylation is 1. The third-order valence-corrected chi connectivity index (χ3v) is 3.44. The minimum absolute atomic E-state index is 0.254. The Hall–Kier alpha value is -1.44. The maximum absolute atomic E-state index is 6.13. The van der Waals surface area contributed by atoms with E-state index in [1.54, 1.807) is 7.11 Å². The summed E-state index contributed by atoms with van der Waals surface area (Å²) in [4.78, 5) is 0. The molecule has 1 atom stereocenters. The average Bonchev–Trinajstić information content (AvgIpc) is 2.26. The number of ether oxygens (including phenoxy) is 2. The van der Waals surface area contributed by atoms with Gasteiger partial charge < -0.3 is 9.47 Å². The van der Waals surface area contributed by atoms with Gasteiger partial charge in [0, 0.05) is 5.56 Å². The van der Waals surface area contributed by atoms with Gasteiger partial charge in [0.05, 0.1) is 7.11 Å². The Labute approximate surface area is 110 Å². The molecule has 2 rings (SSSR count). The van der Waals surface area contributed by atoms with Crippen LogP contribution in [0.25, 0.3) is 0 Å². The lowest BCUT2D eigenvalue weighted by Gasteiger charge is -2.29. The van der Waals surface area contributed by atoms with Crippen molar-refractivity contribution < 1.29 is 9.47 Å². The molecule has 0 saturated carbocycles. The van der Waals surface area contributed by atoms with E-state index >= 15 is 0 Å². The van der Waals surface area contributed by atoms with Crippen LogP contribution in [0.5, 0.6) is 11.5 Å². The molecule has 0 bridgehead atoms. The minimum atomic E-state index is -0.254. The molecular weight excluding hydrogens is 224 g/mol. The van der Waals surface area contributed by atoms with Gasteiger partial charge in [0.25, 0.3) is 0 Å². The highest BCUT2D eigenvalue weighted by molar-refractivity contribution is 5.48. The lowest BCUT2D eigenvalue weighted by Crippen LogP contribution is -2.27. The van der Waals surface area contributed by atoms with Crippen molar-refractivity contribution >= 4 is 0 Å². The summed E-state index contributed by atoms with van der Waals surface area (Å²) in [7, 11) is 1.72. The fourth-order valence-electron chi connectivity index (χ4n) is 2.37. The molecule has 0 fully saturated rings. The molecule has 0 aliphatic carbocycles. The zero-order chi connectivity index (χ0) is 13.3. The highest BCUT2D eigenvalue weighted by atomic mass is 16.5. The molecule has 1 aliphatic rings. The van der Waals surface area contributed by atoms with Crippen LogP contribution in [0.2, 0.25) is 0 Å². The highest BCUT2D eigenvalue weighted by Gasteiger charge is 2.23. The van der Waals surface area contributed by atoms with Gasteiger partial charge in [-0.05, 0) is 56.9 Å². The van der Waals surface area contributed by atoms with Gasteiger partial charge in [-0.3, -0.25) is 0 Å². The number of fused-ring (bicyclic) bond motifs is 1. The molecular formula is C16H22O2. The van der Waals surface area contributed by atoms with Gasteiger partial charge >= 0.3 is 0 Å². The number of hydrogen-bond acceptors (Lipinski definition) is 2. The second-order valence-electron chi connectivity index (χ2n) is 5.60. The van der Waals surface area contributed by atoms with Crippen molar-refractivity contribution in [1.82, 2.24) is 0 Å². The van der Waals surface area contributed by atoms with E-state index in [2.05, 4.69) is 52.0 Å². The third kappa shape index (κ3) is 2.53. The summed E-state index contributed by atoms with van der Waals surface area (Å²) in [5.41, 5.74) is 2.09. The Kier molecular flexibility index (Phi) is 3.38. The van der Waals surface area contributed by atoms with Gasteiger partial charge in [0.2, 0.25) is 0 Å². The van der Waals surface area contributed by atoms with Crippen LogP contribution in [0.3, 0.4) is 0 Å². The lowest BCUT2D eigenvalue weighted by atomic mass is 9.92. The SMILES string of the molecule is COc1cc2c(cc1C)OC(C)(C)/C=C\CC2C. The normalized spacial score (nSPS) is 23.3. The van der Waals surface area contributed by atoms with Crippen LogP contribution in [0.15, 0.2) is 24.3 Å². The molecule has 0 spiro atoms. The molecule has 0 saturated heterocycles. The smallest absolute Gasteiger partial charge is 0.124 e. The molecule has 1 aliphatic heterocycles. The zero-order valence-electron chi connectivity index (χ0n) is 11.9. The van der Waals surface area contributed by atoms with E-state index in [0.29, 0.717) is 5.92 Å². The van der Waals surface area contributed by atoms with Crippen LogP contribution in [-0.4, -0.2) is 12.7 Å². The zero-order valence-corrected chi connectivity index (χ0v) is 11.9. The first-order chi connectivity index (χ1) is 8.43. The summed E-state index contributed by atoms with van der Waals surface area (Å²) >= 11 is 0. The van der Waals surface area contributed by atoms with Crippen molar-refractivity contribution in [1.29, 1.82) is 0 Å². The Morgan fingerprint density at radius 3 is 2.72 bits per heavy atom. The highest BCUT2D eigenvalue weighted by Crippen LogP contribution is 2.38. The molecule has 1 heterocycles. The molecule has 0 aromatic heterocycles. The second kappa shape index (κ2) is 4.68. The molecule has 1 aromatic rings. The standard InChI is InChI=1S/C16H22O2/c1-11-7-6-8-16(3,4)18-15-9-12(2)14(17-5)10-13(11)15/h6,8-11H,7H2,1-5H3/b8-6-. The van der Waals surface area contributed by atoms with Gasteiger partial charge in [-0.25, -0.2) is 0 Å². The van der Waals surface area contributed by atoms with E-state index in [0.717, 1.165) is 23.5 Å². The summed E-state index contributed by atoms with van der Waals surface area (Å²) in [6.45, 7) is 8.44. The fraction of sp³-hybridized carbons (Fsp3) is 0.500. The van der Waals surface area contributed by atoms with Crippen LogP contribution in [-0.2, 0) is 0 Å². The Balaban J connectivity index is 2.52. The fourth-order valence-corrected chi connectivity index (χ4v) is 2.37. The van der Waals surface area contributed by atoms with Crippen molar-refractivity contribution in [3.8, 4) is 11.5 Å². The Morgan fingerprint density at radius 2 is 2.06 bits per heavy atom. The first-order valence-corrected chi connectivity index (χ1v) is 6.48. The van der Waals surface area contributed by atoms with E-state index in [-0.39, 0.29) is 5.60 Å². The maximum atomic E-state index is 6.13. The molecule has 1 aromatic carbocycles. The quantitative estimate of drug-likeness (QED) is 0.690. The third-order valence-electron chi connectivity index (χ3n) is 3.44. The minimum Gasteiger partial charge on any atom is -0.496 e. The average molecular weight is 246 g/mol. The topological polar surface area (TPSA) is 18.5 Å². The van der Waals surface area contributed by atoms with Crippen molar-refractivity contribution in [3.63, 3.8) is 0 Å². The number of allylic oxidation sites excluding steroid dienone is 1. The maximum Gasteiger partial charge on any atom is 0.124 e. The predicted octanol–water partition coefficient (Wildman–Crippen LogP) is 4.22. The van der Waals surface area contributed by atoms with Gasteiger partial charge in [-0.2, -0.15) is 0 Å². The molecule has 0 amide bonds. The monoisotopic (exact) mass is 246 g/mol. The summed E-state index contributed by atoms with van der Waals surface area (Å²) in [5.74, 6) is 2.36. The summed E-state index contributed by atoms with van der Waals surface area (Å²) in [5, 5.41) is 0. The van der Waals surface area contributed by atoms with E-state index < -0.39 is 0 Å². The first kappa shape index (κ1) is 13.0. The van der Waals surface area contributed by atoms with Gasteiger partial charge in [0.1, 0.15) is 17.1 Å². The van der Waals surface area contributed by atoms with E-state index in [4.69, 9.17) is 9.47 Å². The lowest BCUT2D eigenvalue weighted by molar-refractivity contribution is 0.157. The molecule has 2 nitrogen and oxygen atoms in total. The second-order valence-corrected chi connectivity index (χ2v) is 5.60. The first-order valence-electron chi connectivity index (χ1n) is 6.48. The molecule has 18 heavy (non-hydrogen) atoms. The van der Waals surface area contributed by atoms with E-state index in [1.807, 2.05) is 0 Å². The Bertz CT molecular complexity index is 472. The van der Waals surface area contributed by atoms with Crippen molar-refractivity contribution in [2.75, 3.05) is 7.11 Å². The number of benzene rings is 1. The van der Waals surface area contributed by atoms with Gasteiger partial charge in [-0.15, -0.1) is 0 Å². The molecule has 0 N–H and O–H groups in total. The van der Waals surface area contributed by atoms with Crippen LogP contribution in [0, 0.1) is 6.92 Å². The van der Waals surface area contributed by atoms with Gasteiger partial charge in [0.15, 0.2) is 0 Å². The summed E-state index contributed by atoms with van der Waals surface area (Å²) in [6, 6.07) is 4.20. The van der Waals surface area contributed by atoms with E-state index in [9.17, 15) is 0 Å². The summed E-state index contributed by atoms with van der Waals surface area (Å²) < 4.78 is 11.5. The van der Waals surface area contributed by atoms with Crippen molar-refractivity contribution in [2.24, 2.45) is 0 Å². The Morgan fingerprint density at radius 1 is 1.33 bits per heavy atom. The van der Waals surface area contributed by atoms with E-state index in [1.165, 1.54) is 5.56 Å². The number of hydrogen-bond donors (Lipinski definition) is 0. The molecule has 1 unspecified atom stereocenters. The van der Waals surface area contributed by atoms with Crippen LogP contribution in [0.4, 0.5) is 0 Å². The van der Waals surface area contributed by atoms with Crippen LogP contribution < -0.4 is 9.47 Å². The van der Waals surface area contributed by atoms with Crippen LogP contribution >= 0.6 is 0 Å². The van der Waals surface area contributed by atoms with Gasteiger partial charge in [-0.1, -0.05) is 13.0 Å². The number of rotatable bonds is 1. The summed E-state index contributed by atoms with van der Waals surface area (Å²) in [6.07, 6.45) is 5.39. The number of methoxy groups -OCH3 is 1. The predicted molar refractivity (Wildman–Crippen MR) is 74.6 cm³/mol. The van der Waals surface area contributed by atoms with Crippen molar-refractivity contribution in [3.05, 3.63) is 35.4 Å². The molecule has 2 heteroatoms. The molecule has 0 radical (unpaired) electrons. The van der Waals surface area contributed by atoms with Crippen LogP contribution in [0.1, 0.15) is 44.2 Å². The molecule has 98 valence electrons. The van der Waals surface area contributed by atoms with Crippen molar-refractivity contribution in [2.45, 2.75) is 45.6 Å². The largest absolute Gasteiger partial charge is 0.496 e.